The molecule has 2 atom stereocenters. The fraction of sp³-hybridized carbons (Fsp3) is 1.00. The molecule has 1 heterocycles. The van der Waals surface area contributed by atoms with Crippen LogP contribution < -0.4 is 5.32 Å². The van der Waals surface area contributed by atoms with Crippen molar-refractivity contribution in [1.82, 2.24) is 5.32 Å². The third kappa shape index (κ3) is 1.46. The lowest BCUT2D eigenvalue weighted by molar-refractivity contribution is 0.120. The van der Waals surface area contributed by atoms with Crippen molar-refractivity contribution in [3.8, 4) is 0 Å². The maximum Gasteiger partial charge on any atom is 0.0601 e. The lowest BCUT2D eigenvalue weighted by atomic mass is 10.0. The average Bonchev–Trinajstić information content (AvgIpc) is 2.12. The van der Waals surface area contributed by atoms with E-state index in [-0.39, 0.29) is 0 Å². The van der Waals surface area contributed by atoms with Crippen LogP contribution in [0.2, 0.25) is 0 Å². The van der Waals surface area contributed by atoms with Crippen LogP contribution in [0.25, 0.3) is 0 Å². The van der Waals surface area contributed by atoms with Crippen LogP contribution in [0.4, 0.5) is 0 Å². The predicted octanol–water partition coefficient (Wildman–Crippen LogP) is 0.119. The largest absolute Gasteiger partial charge is 0.393 e. The van der Waals surface area contributed by atoms with E-state index in [2.05, 4.69) is 0 Å². The highest BCUT2D eigenvalue weighted by molar-refractivity contribution is 4.73. The second-order valence-electron chi connectivity index (χ2n) is 1.22. The quantitative estimate of drug-likeness (QED) is 0.483. The van der Waals surface area contributed by atoms with E-state index in [0.717, 1.165) is 0 Å². The van der Waals surface area contributed by atoms with E-state index in [9.17, 15) is 5.11 Å². The predicted molar refractivity (Wildman–Crippen MR) is 32.7 cm³/mol. The molecule has 1 fully saturated rings. The molecule has 2 nitrogen and oxygen atoms in total. The van der Waals surface area contributed by atoms with Crippen LogP contribution in [0.3, 0.4) is 0 Å². The fourth-order valence-corrected chi connectivity index (χ4v) is 0.334. The molecule has 2 unspecified atom stereocenters. The molecule has 0 bridgehead atoms. The number of hydrogen-bond donors (Lipinski definition) is 2. The minimum Gasteiger partial charge on any atom is -0.393 e. The molecule has 0 aromatic carbocycles. The van der Waals surface area contributed by atoms with Crippen LogP contribution in [-0.4, -0.2) is 23.7 Å². The van der Waals surface area contributed by atoms with Crippen LogP contribution in [0.1, 0.15) is 34.7 Å². The highest BCUT2D eigenvalue weighted by Crippen LogP contribution is 2.06. The summed E-state index contributed by atoms with van der Waals surface area (Å²) in [6, 6.07) is -3.38. The molecule has 0 spiro atoms. The van der Waals surface area contributed by atoms with Crippen LogP contribution in [0.5, 0.6) is 0 Å². The first kappa shape index (κ1) is 1.06. The summed E-state index contributed by atoms with van der Waals surface area (Å²) in [5.74, 6) is 0. The van der Waals surface area contributed by atoms with E-state index in [4.69, 9.17) is 15.1 Å². The summed E-state index contributed by atoms with van der Waals surface area (Å²) in [5.41, 5.74) is 0. The van der Waals surface area contributed by atoms with Crippen molar-refractivity contribution < 1.29 is 20.2 Å². The molecular formula is C6H13NO. The van der Waals surface area contributed by atoms with Gasteiger partial charge in [-0.25, -0.2) is 0 Å². The number of nitrogens with one attached hydrogen (secondary N) is 1. The number of aliphatic hydroxyl groups is 1. The van der Waals surface area contributed by atoms with E-state index in [1.807, 2.05) is 0 Å². The highest BCUT2D eigenvalue weighted by atomic mass is 16.3. The monoisotopic (exact) mass is 126 g/mol. The van der Waals surface area contributed by atoms with Gasteiger partial charge in [0.2, 0.25) is 0 Å². The Bertz CT molecular complexity index is 387. The maximum absolute atomic E-state index is 9.73. The number of hydrogen-bond acceptors (Lipinski definition) is 2. The van der Waals surface area contributed by atoms with Gasteiger partial charge in [0.1, 0.15) is 0 Å². The fourth-order valence-electron chi connectivity index (χ4n) is 0.334. The Kier molecular flexibility index (Phi) is 0.326. The van der Waals surface area contributed by atoms with Gasteiger partial charge >= 0.3 is 0 Å². The third-order valence-electron chi connectivity index (χ3n) is 0.612. The van der Waals surface area contributed by atoms with Crippen LogP contribution in [0, 0.1) is 0 Å². The van der Waals surface area contributed by atoms with Crippen LogP contribution in [-0.2, 0) is 0 Å². The summed E-state index contributed by atoms with van der Waals surface area (Å²) < 4.78 is 80.8. The summed E-state index contributed by atoms with van der Waals surface area (Å²) in [6.45, 7) is -6.72. The van der Waals surface area contributed by atoms with E-state index in [1.54, 1.807) is 0 Å². The first-order valence-electron chi connectivity index (χ1n) is 7.47. The Morgan fingerprint density at radius 2 is 3.00 bits per heavy atom. The number of piperidine rings is 1. The molecule has 48 valence electrons. The molecular weight excluding hydrogens is 102 g/mol. The molecule has 0 amide bonds. The normalized spacial score (nSPS) is 98.9. The van der Waals surface area contributed by atoms with Gasteiger partial charge in [-0.3, -0.25) is 0 Å². The van der Waals surface area contributed by atoms with Crippen molar-refractivity contribution in [3.63, 3.8) is 0 Å². The topological polar surface area (TPSA) is 32.3 Å². The molecule has 0 aromatic heterocycles. The molecule has 1 aliphatic rings. The Labute approximate surface area is 65.4 Å². The SMILES string of the molecule is [2H]C([2H])([2H])C1([2H])NC([2H])([2H])C([2H])([2H])C([2H])(O)C1([2H])[2H]. The van der Waals surface area contributed by atoms with Gasteiger partial charge < -0.3 is 10.4 Å². The standard InChI is InChI=1S/C6H13NO/c1-5-4-6(8)2-3-7-5/h5-8H,2-4H2,1H3/i1D3,2D2,3D2,4D2,5D,6D. The van der Waals surface area contributed by atoms with Crippen molar-refractivity contribution in [2.45, 2.75) is 31.7 Å². The summed E-state index contributed by atoms with van der Waals surface area (Å²) in [7, 11) is 0. The molecule has 1 saturated heterocycles. The minimum atomic E-state index is -3.77. The molecule has 0 saturated carbocycles. The van der Waals surface area contributed by atoms with Gasteiger partial charge in [0, 0.05) is 19.7 Å². The van der Waals surface area contributed by atoms with Crippen LogP contribution >= 0.6 is 0 Å². The van der Waals surface area contributed by atoms with Crippen molar-refractivity contribution >= 4 is 0 Å². The molecule has 0 aromatic rings. The summed E-state index contributed by atoms with van der Waals surface area (Å²) >= 11 is 0. The summed E-state index contributed by atoms with van der Waals surface area (Å²) in [6.07, 6.45) is -10.8. The van der Waals surface area contributed by atoms with E-state index in [0.29, 0.717) is 0 Å². The second kappa shape index (κ2) is 2.46. The van der Waals surface area contributed by atoms with E-state index in [1.165, 1.54) is 5.32 Å². The van der Waals surface area contributed by atoms with Gasteiger partial charge in [-0.15, -0.1) is 0 Å². The van der Waals surface area contributed by atoms with Crippen LogP contribution in [0.15, 0.2) is 0 Å². The Balaban J connectivity index is 3.60. The zero-order valence-electron chi connectivity index (χ0n) is 14.9. The van der Waals surface area contributed by atoms with Gasteiger partial charge in [-0.2, -0.15) is 0 Å². The lowest BCUT2D eigenvalue weighted by Gasteiger charge is -2.23. The Morgan fingerprint density at radius 3 is 3.75 bits per heavy atom. The first-order chi connectivity index (χ1) is 7.96. The van der Waals surface area contributed by atoms with Gasteiger partial charge in [-0.05, 0) is 26.1 Å². The molecule has 2 N–H and O–H groups in total. The van der Waals surface area contributed by atoms with Gasteiger partial charge in [0.15, 0.2) is 0 Å². The van der Waals surface area contributed by atoms with Gasteiger partial charge in [0.05, 0.1) is 7.45 Å². The van der Waals surface area contributed by atoms with Gasteiger partial charge in [-0.1, -0.05) is 0 Å². The summed E-state index contributed by atoms with van der Waals surface area (Å²) in [5, 5.41) is 11.2. The molecule has 1 rings (SSSR count). The van der Waals surface area contributed by atoms with Crippen molar-refractivity contribution in [1.29, 1.82) is 0 Å². The minimum absolute atomic E-state index is 1.45. The zero-order valence-corrected chi connectivity index (χ0v) is 3.95. The molecule has 1 aliphatic heterocycles. The molecule has 2 heteroatoms. The van der Waals surface area contributed by atoms with Crippen molar-refractivity contribution in [2.24, 2.45) is 0 Å². The van der Waals surface area contributed by atoms with E-state index >= 15 is 0 Å². The Hall–Kier alpha value is -0.0800. The lowest BCUT2D eigenvalue weighted by Crippen LogP contribution is -2.37. The first-order valence-corrected chi connectivity index (χ1v) is 1.97. The average molecular weight is 126 g/mol. The maximum atomic E-state index is 9.73. The molecule has 0 radical (unpaired) electrons. The highest BCUT2D eigenvalue weighted by Gasteiger charge is 2.14. The van der Waals surface area contributed by atoms with Crippen molar-refractivity contribution in [3.05, 3.63) is 0 Å². The molecule has 8 heavy (non-hydrogen) atoms. The zero-order chi connectivity index (χ0) is 15.7. The van der Waals surface area contributed by atoms with E-state index < -0.39 is 38.2 Å². The molecule has 0 aliphatic carbocycles. The third-order valence-corrected chi connectivity index (χ3v) is 0.612. The van der Waals surface area contributed by atoms with Crippen molar-refractivity contribution in [2.75, 3.05) is 6.50 Å². The summed E-state index contributed by atoms with van der Waals surface area (Å²) in [4.78, 5) is 0. The van der Waals surface area contributed by atoms with Gasteiger partial charge in [0.25, 0.3) is 0 Å². The smallest absolute Gasteiger partial charge is 0.0601 e. The number of rotatable bonds is 0. The Morgan fingerprint density at radius 1 is 2.12 bits per heavy atom. The second-order valence-corrected chi connectivity index (χ2v) is 1.22.